The molecule has 1 fully saturated rings. The van der Waals surface area contributed by atoms with Crippen molar-refractivity contribution >= 4 is 11.2 Å². The summed E-state index contributed by atoms with van der Waals surface area (Å²) < 4.78 is 5.77. The fourth-order valence-corrected chi connectivity index (χ4v) is 2.23. The quantitative estimate of drug-likeness (QED) is 0.795. The van der Waals surface area contributed by atoms with Gasteiger partial charge in [-0.2, -0.15) is 4.98 Å². The highest BCUT2D eigenvalue weighted by Crippen LogP contribution is 2.31. The zero-order valence-electron chi connectivity index (χ0n) is 9.58. The summed E-state index contributed by atoms with van der Waals surface area (Å²) in [5.74, 6) is 0.762. The van der Waals surface area contributed by atoms with E-state index >= 15 is 0 Å². The van der Waals surface area contributed by atoms with Crippen LogP contribution in [0.25, 0.3) is 11.2 Å². The van der Waals surface area contributed by atoms with E-state index in [1.807, 2.05) is 19.1 Å². The van der Waals surface area contributed by atoms with Crippen molar-refractivity contribution in [2.24, 2.45) is 0 Å². The Morgan fingerprint density at radius 1 is 1.38 bits per heavy atom. The van der Waals surface area contributed by atoms with Gasteiger partial charge in [-0.05, 0) is 45.4 Å². The fraction of sp³-hybridized carbons (Fsp3) is 0.500. The summed E-state index contributed by atoms with van der Waals surface area (Å²) >= 11 is 0. The van der Waals surface area contributed by atoms with Gasteiger partial charge in [0.2, 0.25) is 5.89 Å². The van der Waals surface area contributed by atoms with Crippen LogP contribution in [0.3, 0.4) is 0 Å². The molecule has 0 spiro atoms. The molecule has 0 aliphatic carbocycles. The molecular weight excluding hydrogens is 202 g/mol. The SMILES string of the molecule is Cc1ccc2oc(C3(C)CCCN3)nc2n1. The second-order valence-corrected chi connectivity index (χ2v) is 4.66. The zero-order valence-corrected chi connectivity index (χ0v) is 9.58. The Labute approximate surface area is 94.1 Å². The first-order valence-electron chi connectivity index (χ1n) is 5.67. The predicted molar refractivity (Wildman–Crippen MR) is 61.1 cm³/mol. The number of aryl methyl sites for hydroxylation is 1. The van der Waals surface area contributed by atoms with Crippen LogP contribution in [0.2, 0.25) is 0 Å². The summed E-state index contributed by atoms with van der Waals surface area (Å²) in [6, 6.07) is 3.88. The number of nitrogens with one attached hydrogen (secondary N) is 1. The van der Waals surface area contributed by atoms with Gasteiger partial charge >= 0.3 is 0 Å². The van der Waals surface area contributed by atoms with E-state index in [-0.39, 0.29) is 5.54 Å². The van der Waals surface area contributed by atoms with E-state index in [1.54, 1.807) is 0 Å². The van der Waals surface area contributed by atoms with Crippen LogP contribution in [0.4, 0.5) is 0 Å². The normalized spacial score (nSPS) is 25.4. The molecule has 2 aromatic heterocycles. The van der Waals surface area contributed by atoms with Gasteiger partial charge in [-0.15, -0.1) is 0 Å². The van der Waals surface area contributed by atoms with Gasteiger partial charge in [0.05, 0.1) is 5.54 Å². The van der Waals surface area contributed by atoms with Crippen molar-refractivity contribution in [2.45, 2.75) is 32.2 Å². The first-order chi connectivity index (χ1) is 7.67. The smallest absolute Gasteiger partial charge is 0.217 e. The molecule has 0 saturated carbocycles. The number of aromatic nitrogens is 2. The van der Waals surface area contributed by atoms with Gasteiger partial charge in [0, 0.05) is 5.69 Å². The minimum Gasteiger partial charge on any atom is -0.437 e. The lowest BCUT2D eigenvalue weighted by Gasteiger charge is -2.19. The van der Waals surface area contributed by atoms with Crippen LogP contribution < -0.4 is 5.32 Å². The van der Waals surface area contributed by atoms with Crippen LogP contribution in [0.5, 0.6) is 0 Å². The lowest BCUT2D eigenvalue weighted by Crippen LogP contribution is -2.33. The first kappa shape index (κ1) is 9.78. The summed E-state index contributed by atoms with van der Waals surface area (Å²) in [6.07, 6.45) is 2.24. The summed E-state index contributed by atoms with van der Waals surface area (Å²) in [4.78, 5) is 8.85. The molecule has 1 atom stereocenters. The average Bonchev–Trinajstić information content (AvgIpc) is 2.84. The summed E-state index contributed by atoms with van der Waals surface area (Å²) in [5.41, 5.74) is 2.34. The molecule has 1 saturated heterocycles. The molecule has 84 valence electrons. The van der Waals surface area contributed by atoms with Crippen molar-refractivity contribution in [1.82, 2.24) is 15.3 Å². The molecule has 4 heteroatoms. The maximum absolute atomic E-state index is 5.77. The van der Waals surface area contributed by atoms with E-state index in [2.05, 4.69) is 22.2 Å². The predicted octanol–water partition coefficient (Wildman–Crippen LogP) is 2.13. The molecule has 1 N–H and O–H groups in total. The third kappa shape index (κ3) is 1.41. The lowest BCUT2D eigenvalue weighted by molar-refractivity contribution is 0.330. The Hall–Kier alpha value is -1.42. The number of hydrogen-bond acceptors (Lipinski definition) is 4. The fourth-order valence-electron chi connectivity index (χ4n) is 2.23. The number of nitrogens with zero attached hydrogens (tertiary/aromatic N) is 2. The molecule has 0 radical (unpaired) electrons. The molecule has 3 rings (SSSR count). The molecule has 2 aromatic rings. The standard InChI is InChI=1S/C12H15N3O/c1-8-4-5-9-10(14-8)15-11(16-9)12(2)6-3-7-13-12/h4-5,13H,3,6-7H2,1-2H3. The van der Waals surface area contributed by atoms with Crippen LogP contribution in [0.15, 0.2) is 16.5 Å². The van der Waals surface area contributed by atoms with Gasteiger partial charge in [-0.1, -0.05) is 0 Å². The average molecular weight is 217 g/mol. The Morgan fingerprint density at radius 3 is 3.00 bits per heavy atom. The van der Waals surface area contributed by atoms with E-state index in [4.69, 9.17) is 4.42 Å². The Kier molecular flexibility index (Phi) is 2.01. The van der Waals surface area contributed by atoms with Crippen LogP contribution in [0, 0.1) is 6.92 Å². The van der Waals surface area contributed by atoms with E-state index in [1.165, 1.54) is 6.42 Å². The van der Waals surface area contributed by atoms with E-state index in [0.29, 0.717) is 5.65 Å². The molecule has 1 aliphatic heterocycles. The number of oxazole rings is 1. The highest BCUT2D eigenvalue weighted by Gasteiger charge is 2.35. The molecule has 4 nitrogen and oxygen atoms in total. The van der Waals surface area contributed by atoms with E-state index < -0.39 is 0 Å². The summed E-state index contributed by atoms with van der Waals surface area (Å²) in [5, 5.41) is 3.44. The van der Waals surface area contributed by atoms with Gasteiger partial charge < -0.3 is 9.73 Å². The van der Waals surface area contributed by atoms with Crippen LogP contribution >= 0.6 is 0 Å². The minimum atomic E-state index is -0.116. The largest absolute Gasteiger partial charge is 0.437 e. The van der Waals surface area contributed by atoms with Crippen molar-refractivity contribution in [1.29, 1.82) is 0 Å². The molecule has 0 bridgehead atoms. The van der Waals surface area contributed by atoms with E-state index in [9.17, 15) is 0 Å². The third-order valence-electron chi connectivity index (χ3n) is 3.23. The lowest BCUT2D eigenvalue weighted by atomic mass is 10.0. The van der Waals surface area contributed by atoms with Crippen LogP contribution in [0.1, 0.15) is 31.4 Å². The minimum absolute atomic E-state index is 0.116. The van der Waals surface area contributed by atoms with Crippen LogP contribution in [-0.4, -0.2) is 16.5 Å². The van der Waals surface area contributed by atoms with Gasteiger partial charge in [0.25, 0.3) is 0 Å². The van der Waals surface area contributed by atoms with Crippen LogP contribution in [-0.2, 0) is 5.54 Å². The number of rotatable bonds is 1. The molecule has 16 heavy (non-hydrogen) atoms. The summed E-state index contributed by atoms with van der Waals surface area (Å²) in [7, 11) is 0. The van der Waals surface area contributed by atoms with E-state index in [0.717, 1.165) is 30.1 Å². The third-order valence-corrected chi connectivity index (χ3v) is 3.23. The van der Waals surface area contributed by atoms with Crippen molar-refractivity contribution < 1.29 is 4.42 Å². The molecule has 0 amide bonds. The topological polar surface area (TPSA) is 51.0 Å². The van der Waals surface area contributed by atoms with Gasteiger partial charge in [0.1, 0.15) is 0 Å². The number of pyridine rings is 1. The highest BCUT2D eigenvalue weighted by molar-refractivity contribution is 5.67. The first-order valence-corrected chi connectivity index (χ1v) is 5.67. The van der Waals surface area contributed by atoms with Crippen molar-refractivity contribution in [3.05, 3.63) is 23.7 Å². The maximum Gasteiger partial charge on any atom is 0.217 e. The molecule has 1 aliphatic rings. The number of fused-ring (bicyclic) bond motifs is 1. The Balaban J connectivity index is 2.11. The summed E-state index contributed by atoms with van der Waals surface area (Å²) in [6.45, 7) is 5.13. The van der Waals surface area contributed by atoms with Crippen molar-refractivity contribution in [3.63, 3.8) is 0 Å². The zero-order chi connectivity index (χ0) is 11.2. The van der Waals surface area contributed by atoms with Gasteiger partial charge in [0.15, 0.2) is 11.2 Å². The Morgan fingerprint density at radius 2 is 2.25 bits per heavy atom. The molecule has 3 heterocycles. The van der Waals surface area contributed by atoms with Crippen molar-refractivity contribution in [3.8, 4) is 0 Å². The number of hydrogen-bond donors (Lipinski definition) is 1. The molecule has 0 aromatic carbocycles. The monoisotopic (exact) mass is 217 g/mol. The second kappa shape index (κ2) is 3.28. The van der Waals surface area contributed by atoms with Gasteiger partial charge in [-0.3, -0.25) is 0 Å². The Bertz CT molecular complexity index is 526. The second-order valence-electron chi connectivity index (χ2n) is 4.66. The highest BCUT2D eigenvalue weighted by atomic mass is 16.4. The molecule has 1 unspecified atom stereocenters. The van der Waals surface area contributed by atoms with Gasteiger partial charge in [-0.25, -0.2) is 4.98 Å². The molecular formula is C12H15N3O. The van der Waals surface area contributed by atoms with Crippen molar-refractivity contribution in [2.75, 3.05) is 6.54 Å². The maximum atomic E-state index is 5.77.